The fourth-order valence-corrected chi connectivity index (χ4v) is 3.57. The fourth-order valence-electron chi connectivity index (χ4n) is 2.35. The third kappa shape index (κ3) is 3.78. The van der Waals surface area contributed by atoms with Gasteiger partial charge in [-0.2, -0.15) is 4.99 Å². The molecule has 1 aromatic heterocycles. The van der Waals surface area contributed by atoms with Crippen molar-refractivity contribution in [1.82, 2.24) is 4.57 Å². The number of benzene rings is 2. The second-order valence-corrected chi connectivity index (χ2v) is 6.63. The number of hydrogen-bond acceptors (Lipinski definition) is 3. The summed E-state index contributed by atoms with van der Waals surface area (Å²) in [6.45, 7) is 0.580. The third-order valence-electron chi connectivity index (χ3n) is 3.50. The lowest BCUT2D eigenvalue weighted by molar-refractivity contribution is 0.0997. The summed E-state index contributed by atoms with van der Waals surface area (Å²) in [5.74, 6) is -1.88. The second-order valence-electron chi connectivity index (χ2n) is 5.19. The van der Waals surface area contributed by atoms with E-state index < -0.39 is 17.5 Å². The monoisotopic (exact) mass is 382 g/mol. The van der Waals surface area contributed by atoms with Crippen LogP contribution in [0.4, 0.5) is 8.78 Å². The summed E-state index contributed by atoms with van der Waals surface area (Å²) >= 11 is 6.85. The Morgan fingerprint density at radius 1 is 1.28 bits per heavy atom. The molecule has 1 amide bonds. The Kier molecular flexibility index (Phi) is 5.27. The van der Waals surface area contributed by atoms with Gasteiger partial charge in [-0.25, -0.2) is 8.78 Å². The van der Waals surface area contributed by atoms with Crippen molar-refractivity contribution >= 4 is 39.1 Å². The molecule has 0 bridgehead atoms. The van der Waals surface area contributed by atoms with Gasteiger partial charge < -0.3 is 9.30 Å². The Balaban J connectivity index is 2.15. The van der Waals surface area contributed by atoms with Crippen molar-refractivity contribution in [3.8, 4) is 0 Å². The van der Waals surface area contributed by atoms with Crippen molar-refractivity contribution in [2.75, 3.05) is 13.7 Å². The number of nitrogens with zero attached hydrogens (tertiary/aromatic N) is 2. The summed E-state index contributed by atoms with van der Waals surface area (Å²) in [6.07, 6.45) is 0. The van der Waals surface area contributed by atoms with Gasteiger partial charge in [0.25, 0.3) is 5.91 Å². The number of halogens is 3. The maximum atomic E-state index is 14.2. The minimum absolute atomic E-state index is 0.200. The standard InChI is InChI=1S/C17H13ClF2N2O2S/c1-24-7-6-22-15-13(20)8-12(19)9-14(15)25-17(22)21-16(23)10-2-4-11(18)5-3-10/h2-5,8-9H,6-7H2,1H3. The van der Waals surface area contributed by atoms with Crippen molar-refractivity contribution in [1.29, 1.82) is 0 Å². The Bertz CT molecular complexity index is 996. The number of ether oxygens (including phenoxy) is 1. The van der Waals surface area contributed by atoms with E-state index in [0.29, 0.717) is 21.9 Å². The number of amides is 1. The zero-order valence-electron chi connectivity index (χ0n) is 13.1. The lowest BCUT2D eigenvalue weighted by atomic mass is 10.2. The second kappa shape index (κ2) is 7.43. The van der Waals surface area contributed by atoms with Gasteiger partial charge in [0.05, 0.1) is 16.8 Å². The summed E-state index contributed by atoms with van der Waals surface area (Å²) in [7, 11) is 1.51. The van der Waals surface area contributed by atoms with Crippen LogP contribution in [0.2, 0.25) is 5.02 Å². The van der Waals surface area contributed by atoms with Crippen LogP contribution in [0, 0.1) is 11.6 Å². The highest BCUT2D eigenvalue weighted by molar-refractivity contribution is 7.16. The van der Waals surface area contributed by atoms with E-state index in [1.54, 1.807) is 24.3 Å². The molecule has 8 heteroatoms. The Hall–Kier alpha value is -2.09. The Morgan fingerprint density at radius 2 is 2.00 bits per heavy atom. The number of methoxy groups -OCH3 is 1. The zero-order chi connectivity index (χ0) is 18.0. The van der Waals surface area contributed by atoms with Crippen LogP contribution >= 0.6 is 22.9 Å². The van der Waals surface area contributed by atoms with Gasteiger partial charge in [0, 0.05) is 30.3 Å². The summed E-state index contributed by atoms with van der Waals surface area (Å²) in [6, 6.07) is 8.32. The number of fused-ring (bicyclic) bond motifs is 1. The molecule has 25 heavy (non-hydrogen) atoms. The average molecular weight is 383 g/mol. The van der Waals surface area contributed by atoms with Crippen LogP contribution in [0.25, 0.3) is 10.2 Å². The van der Waals surface area contributed by atoms with Gasteiger partial charge in [-0.05, 0) is 30.3 Å². The number of carbonyl (C=O) groups is 1. The number of thiazole rings is 1. The van der Waals surface area contributed by atoms with E-state index in [1.807, 2.05) is 0 Å². The topological polar surface area (TPSA) is 43.6 Å². The predicted octanol–water partition coefficient (Wildman–Crippen LogP) is 4.02. The smallest absolute Gasteiger partial charge is 0.279 e. The zero-order valence-corrected chi connectivity index (χ0v) is 14.7. The molecular formula is C17H13ClF2N2O2S. The molecule has 0 aliphatic heterocycles. The molecule has 1 heterocycles. The first-order chi connectivity index (χ1) is 12.0. The molecule has 0 unspecified atom stereocenters. The van der Waals surface area contributed by atoms with Gasteiger partial charge in [0.1, 0.15) is 5.82 Å². The maximum Gasteiger partial charge on any atom is 0.279 e. The van der Waals surface area contributed by atoms with Crippen molar-refractivity contribution in [2.45, 2.75) is 6.54 Å². The van der Waals surface area contributed by atoms with Crippen molar-refractivity contribution in [3.63, 3.8) is 0 Å². The van der Waals surface area contributed by atoms with Crippen LogP contribution in [-0.2, 0) is 11.3 Å². The summed E-state index contributed by atoms with van der Waals surface area (Å²) < 4.78 is 34.6. The highest BCUT2D eigenvalue weighted by Gasteiger charge is 2.14. The quantitative estimate of drug-likeness (QED) is 0.684. The van der Waals surface area contributed by atoms with E-state index in [4.69, 9.17) is 16.3 Å². The van der Waals surface area contributed by atoms with Crippen LogP contribution in [0.5, 0.6) is 0 Å². The molecule has 0 spiro atoms. The van der Waals surface area contributed by atoms with E-state index >= 15 is 0 Å². The highest BCUT2D eigenvalue weighted by Crippen LogP contribution is 2.22. The lowest BCUT2D eigenvalue weighted by Crippen LogP contribution is -2.19. The molecule has 0 fully saturated rings. The molecule has 4 nitrogen and oxygen atoms in total. The van der Waals surface area contributed by atoms with Gasteiger partial charge in [-0.3, -0.25) is 4.79 Å². The minimum Gasteiger partial charge on any atom is -0.383 e. The molecule has 0 aliphatic carbocycles. The lowest BCUT2D eigenvalue weighted by Gasteiger charge is -2.05. The van der Waals surface area contributed by atoms with Crippen molar-refractivity contribution in [2.24, 2.45) is 4.99 Å². The first kappa shape index (κ1) is 17.7. The summed E-state index contributed by atoms with van der Waals surface area (Å²) in [5, 5.41) is 0.506. The Morgan fingerprint density at radius 3 is 2.68 bits per heavy atom. The average Bonchev–Trinajstić information content (AvgIpc) is 2.90. The van der Waals surface area contributed by atoms with E-state index in [9.17, 15) is 13.6 Å². The van der Waals surface area contributed by atoms with Crippen LogP contribution < -0.4 is 4.80 Å². The van der Waals surface area contributed by atoms with E-state index in [1.165, 1.54) is 17.7 Å². The molecule has 0 saturated carbocycles. The first-order valence-electron chi connectivity index (χ1n) is 7.31. The highest BCUT2D eigenvalue weighted by atomic mass is 35.5. The largest absolute Gasteiger partial charge is 0.383 e. The molecule has 0 atom stereocenters. The van der Waals surface area contributed by atoms with Crippen molar-refractivity contribution < 1.29 is 18.3 Å². The molecule has 3 rings (SSSR count). The van der Waals surface area contributed by atoms with Gasteiger partial charge >= 0.3 is 0 Å². The van der Waals surface area contributed by atoms with Crippen LogP contribution in [0.3, 0.4) is 0 Å². The molecular weight excluding hydrogens is 370 g/mol. The van der Waals surface area contributed by atoms with Gasteiger partial charge in [0.15, 0.2) is 10.6 Å². The Labute approximate surface area is 151 Å². The SMILES string of the molecule is COCCn1c(=NC(=O)c2ccc(Cl)cc2)sc2cc(F)cc(F)c21. The van der Waals surface area contributed by atoms with Gasteiger partial charge in [-0.15, -0.1) is 0 Å². The number of aromatic nitrogens is 1. The number of rotatable bonds is 4. The molecule has 3 aromatic rings. The molecule has 0 radical (unpaired) electrons. The molecule has 0 aliphatic rings. The van der Waals surface area contributed by atoms with Gasteiger partial charge in [0.2, 0.25) is 0 Å². The van der Waals surface area contributed by atoms with Crippen LogP contribution in [0.1, 0.15) is 10.4 Å². The van der Waals surface area contributed by atoms with Crippen LogP contribution in [0.15, 0.2) is 41.4 Å². The molecule has 2 aromatic carbocycles. The maximum absolute atomic E-state index is 14.2. The normalized spacial score (nSPS) is 12.1. The summed E-state index contributed by atoms with van der Waals surface area (Å²) in [5.41, 5.74) is 0.554. The third-order valence-corrected chi connectivity index (χ3v) is 4.78. The van der Waals surface area contributed by atoms with E-state index in [-0.39, 0.29) is 16.9 Å². The van der Waals surface area contributed by atoms with Crippen molar-refractivity contribution in [3.05, 3.63) is 63.4 Å². The van der Waals surface area contributed by atoms with Gasteiger partial charge in [-0.1, -0.05) is 22.9 Å². The molecule has 0 N–H and O–H groups in total. The minimum atomic E-state index is -0.706. The fraction of sp³-hybridized carbons (Fsp3) is 0.176. The van der Waals surface area contributed by atoms with E-state index in [0.717, 1.165) is 17.4 Å². The number of carbonyl (C=O) groups excluding carboxylic acids is 1. The predicted molar refractivity (Wildman–Crippen MR) is 93.0 cm³/mol. The first-order valence-corrected chi connectivity index (χ1v) is 8.51. The molecule has 130 valence electrons. The number of hydrogen-bond donors (Lipinski definition) is 0. The van der Waals surface area contributed by atoms with Crippen LogP contribution in [-0.4, -0.2) is 24.2 Å². The van der Waals surface area contributed by atoms with E-state index in [2.05, 4.69) is 4.99 Å². The summed E-state index contributed by atoms with van der Waals surface area (Å²) in [4.78, 5) is 16.7. The molecule has 0 saturated heterocycles.